The summed E-state index contributed by atoms with van der Waals surface area (Å²) in [6, 6.07) is 0. The van der Waals surface area contributed by atoms with Gasteiger partial charge in [-0.25, -0.2) is 18.4 Å². The molecule has 0 radical (unpaired) electrons. The van der Waals surface area contributed by atoms with Crippen LogP contribution in [0, 0.1) is 5.92 Å². The molecule has 2 rings (SSSR count). The largest absolute Gasteiger partial charge is 0.396 e. The third-order valence-corrected chi connectivity index (χ3v) is 5.17. The van der Waals surface area contributed by atoms with Gasteiger partial charge >= 0.3 is 0 Å². The minimum absolute atomic E-state index is 0.106. The van der Waals surface area contributed by atoms with Gasteiger partial charge in [0.2, 0.25) is 16.0 Å². The quantitative estimate of drug-likeness (QED) is 0.803. The summed E-state index contributed by atoms with van der Waals surface area (Å²) in [7, 11) is -1.85. The molecule has 2 heterocycles. The Labute approximate surface area is 112 Å². The normalized spacial score (nSPS) is 18.4. The first-order chi connectivity index (χ1) is 9.07. The number of piperidine rings is 1. The van der Waals surface area contributed by atoms with Gasteiger partial charge in [-0.1, -0.05) is 0 Å². The summed E-state index contributed by atoms with van der Waals surface area (Å²) in [5, 5.41) is 11.8. The van der Waals surface area contributed by atoms with E-state index in [0.29, 0.717) is 31.9 Å². The Balaban J connectivity index is 2.13. The summed E-state index contributed by atoms with van der Waals surface area (Å²) in [6.45, 7) is 0.983. The van der Waals surface area contributed by atoms with Crippen LogP contribution in [0.3, 0.4) is 0 Å². The van der Waals surface area contributed by atoms with Crippen molar-refractivity contribution in [3.05, 3.63) is 12.4 Å². The Hall–Kier alpha value is -1.25. The molecule has 19 heavy (non-hydrogen) atoms. The van der Waals surface area contributed by atoms with Gasteiger partial charge in [-0.15, -0.1) is 0 Å². The minimum atomic E-state index is -3.52. The van der Waals surface area contributed by atoms with Gasteiger partial charge in [0.15, 0.2) is 0 Å². The van der Waals surface area contributed by atoms with E-state index in [1.807, 2.05) is 0 Å². The average Bonchev–Trinajstić information content (AvgIpc) is 2.47. The number of nitrogens with one attached hydrogen (secondary N) is 1. The molecule has 0 spiro atoms. The maximum Gasteiger partial charge on any atom is 0.246 e. The molecule has 1 saturated heterocycles. The molecule has 1 aliphatic rings. The molecule has 7 nitrogen and oxygen atoms in total. The number of aromatic nitrogens is 2. The first-order valence-corrected chi connectivity index (χ1v) is 7.62. The first kappa shape index (κ1) is 14.2. The molecule has 1 fully saturated rings. The fraction of sp³-hybridized carbons (Fsp3) is 0.636. The summed E-state index contributed by atoms with van der Waals surface area (Å²) in [5.74, 6) is 0.590. The van der Waals surface area contributed by atoms with Crippen LogP contribution in [0.15, 0.2) is 17.3 Å². The van der Waals surface area contributed by atoms with E-state index >= 15 is 0 Å². The SMILES string of the molecule is CNc1ncc(S(=O)(=O)N2CCC(CO)CC2)cn1. The summed E-state index contributed by atoms with van der Waals surface area (Å²) < 4.78 is 26.1. The van der Waals surface area contributed by atoms with E-state index < -0.39 is 10.0 Å². The number of anilines is 1. The molecule has 0 unspecified atom stereocenters. The fourth-order valence-corrected chi connectivity index (χ4v) is 3.42. The van der Waals surface area contributed by atoms with Crippen molar-refractivity contribution in [3.63, 3.8) is 0 Å². The average molecular weight is 286 g/mol. The Morgan fingerprint density at radius 3 is 2.42 bits per heavy atom. The van der Waals surface area contributed by atoms with Crippen LogP contribution in [0.4, 0.5) is 5.95 Å². The van der Waals surface area contributed by atoms with Crippen molar-refractivity contribution in [2.75, 3.05) is 32.1 Å². The minimum Gasteiger partial charge on any atom is -0.396 e. The predicted octanol–water partition coefficient (Wildman–Crippen LogP) is -0.0887. The summed E-state index contributed by atoms with van der Waals surface area (Å²) in [4.78, 5) is 7.95. The van der Waals surface area contributed by atoms with Crippen LogP contribution in [-0.2, 0) is 10.0 Å². The first-order valence-electron chi connectivity index (χ1n) is 6.18. The van der Waals surface area contributed by atoms with E-state index in [1.165, 1.54) is 16.7 Å². The summed E-state index contributed by atoms with van der Waals surface area (Å²) >= 11 is 0. The third kappa shape index (κ3) is 3.02. The van der Waals surface area contributed by atoms with Gasteiger partial charge in [0, 0.05) is 26.7 Å². The summed E-state index contributed by atoms with van der Waals surface area (Å²) in [5.41, 5.74) is 0. The van der Waals surface area contributed by atoms with Crippen molar-refractivity contribution < 1.29 is 13.5 Å². The van der Waals surface area contributed by atoms with Gasteiger partial charge in [-0.3, -0.25) is 0 Å². The lowest BCUT2D eigenvalue weighted by atomic mass is 10.00. The van der Waals surface area contributed by atoms with E-state index in [9.17, 15) is 8.42 Å². The maximum absolute atomic E-state index is 12.3. The molecule has 8 heteroatoms. The van der Waals surface area contributed by atoms with Crippen molar-refractivity contribution in [1.82, 2.24) is 14.3 Å². The van der Waals surface area contributed by atoms with Crippen LogP contribution in [0.2, 0.25) is 0 Å². The molecule has 0 saturated carbocycles. The zero-order valence-corrected chi connectivity index (χ0v) is 11.6. The summed E-state index contributed by atoms with van der Waals surface area (Å²) in [6.07, 6.45) is 4.00. The zero-order chi connectivity index (χ0) is 13.9. The molecule has 0 amide bonds. The standard InChI is InChI=1S/C11H18N4O3S/c1-12-11-13-6-10(7-14-11)19(17,18)15-4-2-9(8-16)3-5-15/h6-7,9,16H,2-5,8H2,1H3,(H,12,13,14). The molecule has 0 aliphatic carbocycles. The van der Waals surface area contributed by atoms with Crippen molar-refractivity contribution in [1.29, 1.82) is 0 Å². The second-order valence-electron chi connectivity index (χ2n) is 4.52. The number of aliphatic hydroxyl groups excluding tert-OH is 1. The maximum atomic E-state index is 12.3. The molecule has 2 N–H and O–H groups in total. The molecule has 1 aromatic heterocycles. The molecule has 1 aromatic rings. The van der Waals surface area contributed by atoms with Crippen LogP contribution in [0.25, 0.3) is 0 Å². The van der Waals surface area contributed by atoms with E-state index in [0.717, 1.165) is 0 Å². The van der Waals surface area contributed by atoms with Crippen molar-refractivity contribution in [2.45, 2.75) is 17.7 Å². The van der Waals surface area contributed by atoms with Crippen molar-refractivity contribution >= 4 is 16.0 Å². The Kier molecular flexibility index (Phi) is 4.33. The lowest BCUT2D eigenvalue weighted by Gasteiger charge is -2.30. The second-order valence-corrected chi connectivity index (χ2v) is 6.46. The molecular weight excluding hydrogens is 268 g/mol. The number of nitrogens with zero attached hydrogens (tertiary/aromatic N) is 3. The Morgan fingerprint density at radius 2 is 1.95 bits per heavy atom. The second kappa shape index (κ2) is 5.81. The zero-order valence-electron chi connectivity index (χ0n) is 10.8. The number of hydrogen-bond acceptors (Lipinski definition) is 6. The van der Waals surface area contributed by atoms with Gasteiger partial charge < -0.3 is 10.4 Å². The molecule has 0 bridgehead atoms. The van der Waals surface area contributed by atoms with E-state index in [4.69, 9.17) is 5.11 Å². The van der Waals surface area contributed by atoms with E-state index in [-0.39, 0.29) is 17.4 Å². The third-order valence-electron chi connectivity index (χ3n) is 3.32. The molecule has 106 valence electrons. The lowest BCUT2D eigenvalue weighted by molar-refractivity contribution is 0.170. The smallest absolute Gasteiger partial charge is 0.246 e. The number of hydrogen-bond donors (Lipinski definition) is 2. The molecular formula is C11H18N4O3S. The predicted molar refractivity (Wildman–Crippen MR) is 70.1 cm³/mol. The highest BCUT2D eigenvalue weighted by Gasteiger charge is 2.29. The van der Waals surface area contributed by atoms with Crippen LogP contribution in [-0.4, -0.2) is 54.5 Å². The van der Waals surface area contributed by atoms with Crippen LogP contribution in [0.5, 0.6) is 0 Å². The fourth-order valence-electron chi connectivity index (χ4n) is 2.06. The van der Waals surface area contributed by atoms with Gasteiger partial charge in [-0.05, 0) is 18.8 Å². The monoisotopic (exact) mass is 286 g/mol. The number of rotatable bonds is 4. The topological polar surface area (TPSA) is 95.4 Å². The highest BCUT2D eigenvalue weighted by atomic mass is 32.2. The highest BCUT2D eigenvalue weighted by molar-refractivity contribution is 7.89. The van der Waals surface area contributed by atoms with Gasteiger partial charge in [-0.2, -0.15) is 4.31 Å². The Bertz CT molecular complexity index is 509. The van der Waals surface area contributed by atoms with E-state index in [2.05, 4.69) is 15.3 Å². The van der Waals surface area contributed by atoms with Crippen LogP contribution >= 0.6 is 0 Å². The molecule has 0 atom stereocenters. The lowest BCUT2D eigenvalue weighted by Crippen LogP contribution is -2.39. The van der Waals surface area contributed by atoms with Crippen LogP contribution < -0.4 is 5.32 Å². The van der Waals surface area contributed by atoms with Gasteiger partial charge in [0.1, 0.15) is 4.90 Å². The number of sulfonamides is 1. The highest BCUT2D eigenvalue weighted by Crippen LogP contribution is 2.22. The van der Waals surface area contributed by atoms with E-state index in [1.54, 1.807) is 7.05 Å². The van der Waals surface area contributed by atoms with Gasteiger partial charge in [0.25, 0.3) is 0 Å². The van der Waals surface area contributed by atoms with Crippen molar-refractivity contribution in [2.24, 2.45) is 5.92 Å². The van der Waals surface area contributed by atoms with Crippen molar-refractivity contribution in [3.8, 4) is 0 Å². The molecule has 0 aromatic carbocycles. The number of aliphatic hydroxyl groups is 1. The van der Waals surface area contributed by atoms with Gasteiger partial charge in [0.05, 0.1) is 12.4 Å². The molecule has 1 aliphatic heterocycles. The Morgan fingerprint density at radius 1 is 1.37 bits per heavy atom. The van der Waals surface area contributed by atoms with Crippen LogP contribution in [0.1, 0.15) is 12.8 Å².